The summed E-state index contributed by atoms with van der Waals surface area (Å²) in [4.78, 5) is 22.2. The van der Waals surface area contributed by atoms with Crippen molar-refractivity contribution < 1.29 is 19.2 Å². The normalized spacial score (nSPS) is 10.2. The highest BCUT2D eigenvalue weighted by Crippen LogP contribution is 2.34. The molecule has 2 aromatic rings. The smallest absolute Gasteiger partial charge is 0.319 e. The average Bonchev–Trinajstić information content (AvgIpc) is 2.68. The molecule has 0 aliphatic heterocycles. The quantitative estimate of drug-likeness (QED) is 0.335. The maximum atomic E-state index is 12.0. The number of ether oxygens (including phenoxy) is 2. The van der Waals surface area contributed by atoms with E-state index in [9.17, 15) is 14.9 Å². The van der Waals surface area contributed by atoms with Gasteiger partial charge < -0.3 is 20.1 Å². The number of benzene rings is 2. The van der Waals surface area contributed by atoms with Crippen molar-refractivity contribution in [3.8, 4) is 17.2 Å². The molecule has 2 aromatic carbocycles. The molecule has 0 bridgehead atoms. The molecule has 28 heavy (non-hydrogen) atoms. The van der Waals surface area contributed by atoms with Crippen LogP contribution in [0, 0.1) is 10.1 Å². The predicted octanol–water partition coefficient (Wildman–Crippen LogP) is 5.10. The number of hydrogen-bond acceptors (Lipinski definition) is 5. The Labute approximate surface area is 164 Å². The van der Waals surface area contributed by atoms with Crippen LogP contribution in [0.25, 0.3) is 0 Å². The van der Waals surface area contributed by atoms with Crippen molar-refractivity contribution in [2.24, 2.45) is 0 Å². The number of unbranched alkanes of at least 4 members (excludes halogenated alkanes) is 2. The summed E-state index contributed by atoms with van der Waals surface area (Å²) in [6.07, 6.45) is 3.11. The first kappa shape index (κ1) is 21.0. The van der Waals surface area contributed by atoms with Crippen molar-refractivity contribution in [1.82, 2.24) is 5.32 Å². The number of carbonyl (C=O) groups is 1. The Morgan fingerprint density at radius 2 is 1.82 bits per heavy atom. The minimum Gasteiger partial charge on any atom is -0.490 e. The van der Waals surface area contributed by atoms with E-state index in [1.807, 2.05) is 6.92 Å². The standard InChI is InChI=1S/C20H25N3O5/c1-3-5-6-13-21-20(24)22-15-7-12-18(19(14-15)27-4-2)28-17-10-8-16(9-11-17)23(25)26/h7-12,14H,3-6,13H2,1-2H3,(H2,21,22,24). The van der Waals surface area contributed by atoms with Gasteiger partial charge in [-0.15, -0.1) is 0 Å². The van der Waals surface area contributed by atoms with Gasteiger partial charge in [0.15, 0.2) is 11.5 Å². The summed E-state index contributed by atoms with van der Waals surface area (Å²) < 4.78 is 11.4. The molecule has 2 amide bonds. The zero-order chi connectivity index (χ0) is 20.4. The van der Waals surface area contributed by atoms with E-state index in [2.05, 4.69) is 17.6 Å². The van der Waals surface area contributed by atoms with Crippen molar-refractivity contribution in [3.63, 3.8) is 0 Å². The molecule has 0 aliphatic carbocycles. The van der Waals surface area contributed by atoms with Gasteiger partial charge in [0.05, 0.1) is 11.5 Å². The summed E-state index contributed by atoms with van der Waals surface area (Å²) in [6.45, 7) is 4.99. The minimum absolute atomic E-state index is 0.0121. The summed E-state index contributed by atoms with van der Waals surface area (Å²) in [6, 6.07) is 10.6. The highest BCUT2D eigenvalue weighted by Gasteiger charge is 2.11. The third kappa shape index (κ3) is 6.46. The van der Waals surface area contributed by atoms with Gasteiger partial charge in [0.25, 0.3) is 5.69 Å². The van der Waals surface area contributed by atoms with E-state index in [0.717, 1.165) is 19.3 Å². The van der Waals surface area contributed by atoms with Gasteiger partial charge in [0.2, 0.25) is 0 Å². The number of non-ortho nitro benzene ring substituents is 1. The van der Waals surface area contributed by atoms with Crippen LogP contribution in [0.4, 0.5) is 16.2 Å². The van der Waals surface area contributed by atoms with E-state index in [-0.39, 0.29) is 11.7 Å². The highest BCUT2D eigenvalue weighted by atomic mass is 16.6. The minimum atomic E-state index is -0.469. The van der Waals surface area contributed by atoms with Crippen LogP contribution in [-0.4, -0.2) is 24.1 Å². The molecule has 8 nitrogen and oxygen atoms in total. The van der Waals surface area contributed by atoms with Gasteiger partial charge in [-0.1, -0.05) is 19.8 Å². The van der Waals surface area contributed by atoms with Crippen molar-refractivity contribution in [2.45, 2.75) is 33.1 Å². The summed E-state index contributed by atoms with van der Waals surface area (Å²) in [5.41, 5.74) is 0.564. The maximum Gasteiger partial charge on any atom is 0.319 e. The summed E-state index contributed by atoms with van der Waals surface area (Å²) >= 11 is 0. The zero-order valence-corrected chi connectivity index (χ0v) is 16.1. The molecular weight excluding hydrogens is 362 g/mol. The molecule has 0 saturated heterocycles. The van der Waals surface area contributed by atoms with E-state index in [0.29, 0.717) is 36.1 Å². The summed E-state index contributed by atoms with van der Waals surface area (Å²) in [7, 11) is 0. The molecule has 150 valence electrons. The lowest BCUT2D eigenvalue weighted by Crippen LogP contribution is -2.29. The van der Waals surface area contributed by atoms with Crippen LogP contribution in [-0.2, 0) is 0 Å². The molecule has 0 aliphatic rings. The van der Waals surface area contributed by atoms with E-state index < -0.39 is 4.92 Å². The number of nitro groups is 1. The van der Waals surface area contributed by atoms with Gasteiger partial charge in [-0.3, -0.25) is 10.1 Å². The fourth-order valence-electron chi connectivity index (χ4n) is 2.45. The van der Waals surface area contributed by atoms with Gasteiger partial charge in [0.1, 0.15) is 5.75 Å². The first-order valence-electron chi connectivity index (χ1n) is 9.27. The maximum absolute atomic E-state index is 12.0. The number of carbonyl (C=O) groups excluding carboxylic acids is 1. The van der Waals surface area contributed by atoms with Crippen LogP contribution in [0.15, 0.2) is 42.5 Å². The second-order valence-corrected chi connectivity index (χ2v) is 6.04. The number of amides is 2. The molecule has 0 unspecified atom stereocenters. The number of anilines is 1. The third-order valence-electron chi connectivity index (χ3n) is 3.84. The highest BCUT2D eigenvalue weighted by molar-refractivity contribution is 5.89. The van der Waals surface area contributed by atoms with E-state index in [4.69, 9.17) is 9.47 Å². The Kier molecular flexibility index (Phi) is 8.08. The van der Waals surface area contributed by atoms with Crippen molar-refractivity contribution >= 4 is 17.4 Å². The number of urea groups is 1. The number of hydrogen-bond donors (Lipinski definition) is 2. The van der Waals surface area contributed by atoms with E-state index in [1.54, 1.807) is 18.2 Å². The summed E-state index contributed by atoms with van der Waals surface area (Å²) in [5.74, 6) is 1.36. The van der Waals surface area contributed by atoms with Crippen LogP contribution in [0.3, 0.4) is 0 Å². The van der Waals surface area contributed by atoms with Gasteiger partial charge in [-0.2, -0.15) is 0 Å². The molecule has 0 aromatic heterocycles. The van der Waals surface area contributed by atoms with Gasteiger partial charge in [-0.05, 0) is 37.6 Å². The largest absolute Gasteiger partial charge is 0.490 e. The second kappa shape index (κ2) is 10.8. The van der Waals surface area contributed by atoms with Crippen LogP contribution < -0.4 is 20.1 Å². The van der Waals surface area contributed by atoms with Crippen LogP contribution in [0.2, 0.25) is 0 Å². The van der Waals surface area contributed by atoms with Crippen LogP contribution in [0.5, 0.6) is 17.2 Å². The van der Waals surface area contributed by atoms with Gasteiger partial charge >= 0.3 is 6.03 Å². The molecule has 8 heteroatoms. The third-order valence-corrected chi connectivity index (χ3v) is 3.84. The molecule has 2 rings (SSSR count). The predicted molar refractivity (Wildman–Crippen MR) is 107 cm³/mol. The first-order chi connectivity index (χ1) is 13.5. The van der Waals surface area contributed by atoms with Gasteiger partial charge in [-0.25, -0.2) is 4.79 Å². The van der Waals surface area contributed by atoms with Gasteiger partial charge in [0, 0.05) is 30.4 Å². The Morgan fingerprint density at radius 1 is 1.07 bits per heavy atom. The molecular formula is C20H25N3O5. The summed E-state index contributed by atoms with van der Waals surface area (Å²) in [5, 5.41) is 16.3. The first-order valence-corrected chi connectivity index (χ1v) is 9.27. The number of nitrogens with one attached hydrogen (secondary N) is 2. The van der Waals surface area contributed by atoms with Crippen LogP contribution >= 0.6 is 0 Å². The molecule has 0 fully saturated rings. The van der Waals surface area contributed by atoms with Crippen molar-refractivity contribution in [1.29, 1.82) is 0 Å². The molecule has 2 N–H and O–H groups in total. The molecule has 0 atom stereocenters. The molecule has 0 saturated carbocycles. The lowest BCUT2D eigenvalue weighted by Gasteiger charge is -2.14. The average molecular weight is 387 g/mol. The number of rotatable bonds is 10. The Hall–Kier alpha value is -3.29. The lowest BCUT2D eigenvalue weighted by molar-refractivity contribution is -0.384. The second-order valence-electron chi connectivity index (χ2n) is 6.04. The van der Waals surface area contributed by atoms with Crippen molar-refractivity contribution in [3.05, 3.63) is 52.6 Å². The monoisotopic (exact) mass is 387 g/mol. The van der Waals surface area contributed by atoms with Crippen molar-refractivity contribution in [2.75, 3.05) is 18.5 Å². The topological polar surface area (TPSA) is 103 Å². The van der Waals surface area contributed by atoms with E-state index >= 15 is 0 Å². The molecule has 0 radical (unpaired) electrons. The Bertz CT molecular complexity index is 793. The van der Waals surface area contributed by atoms with Crippen LogP contribution in [0.1, 0.15) is 33.1 Å². The van der Waals surface area contributed by atoms with E-state index in [1.165, 1.54) is 24.3 Å². The zero-order valence-electron chi connectivity index (χ0n) is 16.1. The Morgan fingerprint density at radius 3 is 2.46 bits per heavy atom. The number of nitrogens with zero attached hydrogens (tertiary/aromatic N) is 1. The molecule has 0 heterocycles. The fourth-order valence-corrected chi connectivity index (χ4v) is 2.45. The Balaban J connectivity index is 2.05. The fraction of sp³-hybridized carbons (Fsp3) is 0.350. The number of nitro benzene ring substituents is 1. The SMILES string of the molecule is CCCCCNC(=O)Nc1ccc(Oc2ccc([N+](=O)[O-])cc2)c(OCC)c1. The lowest BCUT2D eigenvalue weighted by atomic mass is 10.2. The molecule has 0 spiro atoms.